The lowest BCUT2D eigenvalue weighted by Gasteiger charge is -2.21. The highest BCUT2D eigenvalue weighted by molar-refractivity contribution is 9.13. The number of halogens is 2. The minimum atomic E-state index is -0.734. The van der Waals surface area contributed by atoms with E-state index in [1.165, 1.54) is 0 Å². The van der Waals surface area contributed by atoms with E-state index in [-0.39, 0.29) is 6.04 Å². The maximum atomic E-state index is 11.1. The molecule has 0 aliphatic rings. The van der Waals surface area contributed by atoms with Gasteiger partial charge in [-0.15, -0.1) is 0 Å². The van der Waals surface area contributed by atoms with E-state index in [4.69, 9.17) is 11.5 Å². The number of hydrogen-bond acceptors (Lipinski definition) is 3. The Kier molecular flexibility index (Phi) is 4.52. The third-order valence-electron chi connectivity index (χ3n) is 2.46. The summed E-state index contributed by atoms with van der Waals surface area (Å²) in [6.45, 7) is 3.83. The normalized spacial score (nSPS) is 14.8. The van der Waals surface area contributed by atoms with Crippen LogP contribution in [0.2, 0.25) is 0 Å². The van der Waals surface area contributed by atoms with E-state index in [9.17, 15) is 4.79 Å². The number of nitrogens with two attached hydrogens (primary N) is 2. The van der Waals surface area contributed by atoms with Gasteiger partial charge in [-0.05, 0) is 38.8 Å². The third kappa shape index (κ3) is 2.46. The van der Waals surface area contributed by atoms with Gasteiger partial charge in [0.05, 0.1) is 6.04 Å². The fourth-order valence-electron chi connectivity index (χ4n) is 1.49. The molecule has 90 valence electrons. The Morgan fingerprint density at radius 3 is 2.56 bits per heavy atom. The summed E-state index contributed by atoms with van der Waals surface area (Å²) < 4.78 is 3.35. The van der Waals surface area contributed by atoms with Gasteiger partial charge in [-0.3, -0.25) is 4.79 Å². The van der Waals surface area contributed by atoms with Crippen molar-refractivity contribution in [1.29, 1.82) is 0 Å². The Bertz CT molecular complexity index is 404. The van der Waals surface area contributed by atoms with Crippen molar-refractivity contribution >= 4 is 37.8 Å². The number of rotatable bonds is 4. The molecule has 7 heteroatoms. The van der Waals surface area contributed by atoms with Gasteiger partial charge in [0.25, 0.3) is 0 Å². The van der Waals surface area contributed by atoms with E-state index in [0.29, 0.717) is 4.60 Å². The Morgan fingerprint density at radius 2 is 2.12 bits per heavy atom. The molecule has 0 saturated carbocycles. The Morgan fingerprint density at radius 1 is 1.56 bits per heavy atom. The number of primary amides is 1. The van der Waals surface area contributed by atoms with Gasteiger partial charge < -0.3 is 16.0 Å². The van der Waals surface area contributed by atoms with Gasteiger partial charge in [0.15, 0.2) is 0 Å². The number of hydrogen-bond donors (Lipinski definition) is 2. The average Bonchev–Trinajstić information content (AvgIpc) is 2.52. The molecule has 0 fully saturated rings. The summed E-state index contributed by atoms with van der Waals surface area (Å²) in [7, 11) is 0. The molecule has 1 heterocycles. The molecule has 0 aliphatic carbocycles. The number of imidazole rings is 1. The van der Waals surface area contributed by atoms with Gasteiger partial charge in [0.2, 0.25) is 5.91 Å². The van der Waals surface area contributed by atoms with Gasteiger partial charge in [0, 0.05) is 6.42 Å². The van der Waals surface area contributed by atoms with Gasteiger partial charge in [-0.1, -0.05) is 6.92 Å². The average molecular weight is 354 g/mol. The molecule has 0 spiro atoms. The lowest BCUT2D eigenvalue weighted by Crippen LogP contribution is -2.42. The van der Waals surface area contributed by atoms with Crippen LogP contribution < -0.4 is 11.5 Å². The van der Waals surface area contributed by atoms with Crippen molar-refractivity contribution < 1.29 is 4.79 Å². The quantitative estimate of drug-likeness (QED) is 0.856. The second-order valence-corrected chi connectivity index (χ2v) is 5.00. The van der Waals surface area contributed by atoms with Crippen LogP contribution in [0.5, 0.6) is 0 Å². The molecule has 0 radical (unpaired) electrons. The molecular formula is C9H14Br2N4O. The summed E-state index contributed by atoms with van der Waals surface area (Å²) in [5, 5.41) is 0. The van der Waals surface area contributed by atoms with Gasteiger partial charge >= 0.3 is 0 Å². The standard InChI is InChI=1S/C9H14Br2N4O/c1-3-5-14-7(10)8(11)15(5)4(2)6(12)9(13)16/h4,6H,3,12H2,1-2H3,(H2,13,16). The molecule has 2 unspecified atom stereocenters. The molecule has 0 aromatic carbocycles. The van der Waals surface area contributed by atoms with Crippen LogP contribution in [0.3, 0.4) is 0 Å². The lowest BCUT2D eigenvalue weighted by molar-refractivity contribution is -0.120. The molecule has 0 saturated heterocycles. The number of carbonyl (C=O) groups is 1. The van der Waals surface area contributed by atoms with Crippen molar-refractivity contribution in [3.63, 3.8) is 0 Å². The van der Waals surface area contributed by atoms with E-state index < -0.39 is 11.9 Å². The number of amides is 1. The van der Waals surface area contributed by atoms with E-state index in [2.05, 4.69) is 36.8 Å². The molecule has 1 aromatic rings. The minimum absolute atomic E-state index is 0.236. The van der Waals surface area contributed by atoms with Crippen LogP contribution in [0.25, 0.3) is 0 Å². The smallest absolute Gasteiger partial charge is 0.236 e. The van der Waals surface area contributed by atoms with Crippen LogP contribution in [0.4, 0.5) is 0 Å². The van der Waals surface area contributed by atoms with E-state index >= 15 is 0 Å². The Labute approximate surface area is 111 Å². The molecule has 5 nitrogen and oxygen atoms in total. The predicted octanol–water partition coefficient (Wildman–Crippen LogP) is 1.34. The van der Waals surface area contributed by atoms with Crippen molar-refractivity contribution in [2.75, 3.05) is 0 Å². The van der Waals surface area contributed by atoms with E-state index in [1.807, 2.05) is 18.4 Å². The highest BCUT2D eigenvalue weighted by Gasteiger charge is 2.25. The minimum Gasteiger partial charge on any atom is -0.368 e. The Hall–Kier alpha value is -0.400. The van der Waals surface area contributed by atoms with Crippen LogP contribution in [-0.2, 0) is 11.2 Å². The van der Waals surface area contributed by atoms with Crippen molar-refractivity contribution in [2.24, 2.45) is 11.5 Å². The number of aryl methyl sites for hydroxylation is 1. The number of aromatic nitrogens is 2. The van der Waals surface area contributed by atoms with Gasteiger partial charge in [-0.2, -0.15) is 0 Å². The van der Waals surface area contributed by atoms with Crippen molar-refractivity contribution in [2.45, 2.75) is 32.4 Å². The van der Waals surface area contributed by atoms with Crippen molar-refractivity contribution in [1.82, 2.24) is 9.55 Å². The van der Waals surface area contributed by atoms with E-state index in [0.717, 1.165) is 16.8 Å². The summed E-state index contributed by atoms with van der Waals surface area (Å²) in [6, 6.07) is -0.969. The van der Waals surface area contributed by atoms with Crippen LogP contribution in [-0.4, -0.2) is 21.5 Å². The molecule has 2 atom stereocenters. The largest absolute Gasteiger partial charge is 0.368 e. The lowest BCUT2D eigenvalue weighted by atomic mass is 10.1. The molecule has 0 aliphatic heterocycles. The summed E-state index contributed by atoms with van der Waals surface area (Å²) in [5.74, 6) is 0.328. The maximum absolute atomic E-state index is 11.1. The second kappa shape index (κ2) is 5.29. The topological polar surface area (TPSA) is 86.9 Å². The van der Waals surface area contributed by atoms with Gasteiger partial charge in [0.1, 0.15) is 21.1 Å². The zero-order valence-corrected chi connectivity index (χ0v) is 12.2. The molecule has 0 bridgehead atoms. The maximum Gasteiger partial charge on any atom is 0.236 e. The fourth-order valence-corrected chi connectivity index (χ4v) is 2.50. The van der Waals surface area contributed by atoms with Crippen LogP contribution in [0.1, 0.15) is 25.7 Å². The summed E-state index contributed by atoms with van der Waals surface area (Å²) in [6.07, 6.45) is 0.750. The number of nitrogens with zero attached hydrogens (tertiary/aromatic N) is 2. The predicted molar refractivity (Wildman–Crippen MR) is 68.9 cm³/mol. The van der Waals surface area contributed by atoms with Crippen molar-refractivity contribution in [3.8, 4) is 0 Å². The molecule has 1 amide bonds. The van der Waals surface area contributed by atoms with Gasteiger partial charge in [-0.25, -0.2) is 4.98 Å². The first-order chi connectivity index (χ1) is 7.40. The number of carbonyl (C=O) groups excluding carboxylic acids is 1. The summed E-state index contributed by atoms with van der Waals surface area (Å²) >= 11 is 6.73. The summed E-state index contributed by atoms with van der Waals surface area (Å²) in [4.78, 5) is 15.4. The van der Waals surface area contributed by atoms with Crippen molar-refractivity contribution in [3.05, 3.63) is 15.0 Å². The monoisotopic (exact) mass is 352 g/mol. The van der Waals surface area contributed by atoms with Crippen LogP contribution in [0, 0.1) is 0 Å². The molecule has 1 rings (SSSR count). The SMILES string of the molecule is CCc1nc(Br)c(Br)n1C(C)C(N)C(N)=O. The van der Waals surface area contributed by atoms with Crippen LogP contribution in [0.15, 0.2) is 9.21 Å². The molecule has 16 heavy (non-hydrogen) atoms. The highest BCUT2D eigenvalue weighted by Crippen LogP contribution is 2.28. The molecule has 1 aromatic heterocycles. The first kappa shape index (κ1) is 13.7. The molecular weight excluding hydrogens is 340 g/mol. The summed E-state index contributed by atoms with van der Waals surface area (Å²) in [5.41, 5.74) is 10.9. The second-order valence-electron chi connectivity index (χ2n) is 3.50. The van der Waals surface area contributed by atoms with Crippen LogP contribution >= 0.6 is 31.9 Å². The third-order valence-corrected chi connectivity index (χ3v) is 4.30. The zero-order valence-electron chi connectivity index (χ0n) is 9.08. The highest BCUT2D eigenvalue weighted by atomic mass is 79.9. The first-order valence-corrected chi connectivity index (χ1v) is 6.45. The fraction of sp³-hybridized carbons (Fsp3) is 0.556. The Balaban J connectivity index is 3.16. The first-order valence-electron chi connectivity index (χ1n) is 4.87. The zero-order chi connectivity index (χ0) is 12.5. The van der Waals surface area contributed by atoms with E-state index in [1.54, 1.807) is 0 Å². The molecule has 4 N–H and O–H groups in total.